The lowest BCUT2D eigenvalue weighted by Gasteiger charge is -2.27. The molecule has 1 heterocycles. The van der Waals surface area contributed by atoms with E-state index in [1.54, 1.807) is 0 Å². The minimum Gasteiger partial charge on any atom is -0.380 e. The van der Waals surface area contributed by atoms with Crippen LogP contribution in [0.3, 0.4) is 0 Å². The van der Waals surface area contributed by atoms with E-state index in [2.05, 4.69) is 4.98 Å². The van der Waals surface area contributed by atoms with Gasteiger partial charge in [0, 0.05) is 11.8 Å². The van der Waals surface area contributed by atoms with Crippen LogP contribution in [0.1, 0.15) is 24.5 Å². The maximum absolute atomic E-state index is 13.2. The Morgan fingerprint density at radius 3 is 2.47 bits per heavy atom. The van der Waals surface area contributed by atoms with Crippen LogP contribution in [0, 0.1) is 5.82 Å². The molecule has 88 valence electrons. The lowest BCUT2D eigenvalue weighted by molar-refractivity contribution is 0.0758. The van der Waals surface area contributed by atoms with Crippen molar-refractivity contribution in [1.82, 2.24) is 4.98 Å². The molecule has 0 saturated heterocycles. The molecule has 3 heteroatoms. The summed E-state index contributed by atoms with van der Waals surface area (Å²) in [4.78, 5) is 3.79. The summed E-state index contributed by atoms with van der Waals surface area (Å²) in [5, 5.41) is 10.7. The fraction of sp³-hybridized carbons (Fsp3) is 0.214. The van der Waals surface area contributed by atoms with Crippen LogP contribution in [-0.4, -0.2) is 10.1 Å². The number of aliphatic hydroxyl groups is 1. The molecule has 17 heavy (non-hydrogen) atoms. The fourth-order valence-electron chi connectivity index (χ4n) is 1.93. The van der Waals surface area contributed by atoms with E-state index in [-0.39, 0.29) is 0 Å². The lowest BCUT2D eigenvalue weighted by Crippen LogP contribution is -2.26. The third-order valence-electron chi connectivity index (χ3n) is 2.95. The lowest BCUT2D eigenvalue weighted by atomic mass is 9.85. The average Bonchev–Trinajstić information content (AvgIpc) is 2.39. The molecule has 2 nitrogen and oxygen atoms in total. The van der Waals surface area contributed by atoms with Gasteiger partial charge < -0.3 is 5.11 Å². The second-order valence-corrected chi connectivity index (χ2v) is 3.97. The molecule has 0 radical (unpaired) electrons. The van der Waals surface area contributed by atoms with Crippen LogP contribution >= 0.6 is 0 Å². The summed E-state index contributed by atoms with van der Waals surface area (Å²) in [5.41, 5.74) is 0.0391. The Labute approximate surface area is 99.8 Å². The van der Waals surface area contributed by atoms with E-state index in [1.807, 2.05) is 37.3 Å². The summed E-state index contributed by atoms with van der Waals surface area (Å²) in [5.74, 6) is -0.440. The van der Waals surface area contributed by atoms with Crippen molar-refractivity contribution in [2.75, 3.05) is 0 Å². The maximum atomic E-state index is 13.2. The Kier molecular flexibility index (Phi) is 3.20. The number of hydrogen-bond donors (Lipinski definition) is 1. The Morgan fingerprint density at radius 2 is 1.88 bits per heavy atom. The smallest absolute Gasteiger partial charge is 0.141 e. The first-order chi connectivity index (χ1) is 8.16. The molecule has 0 amide bonds. The zero-order valence-electron chi connectivity index (χ0n) is 9.60. The van der Waals surface area contributed by atoms with E-state index in [9.17, 15) is 9.50 Å². The molecule has 2 aromatic rings. The first-order valence-corrected chi connectivity index (χ1v) is 5.56. The van der Waals surface area contributed by atoms with Crippen molar-refractivity contribution in [2.45, 2.75) is 18.9 Å². The molecule has 0 aliphatic rings. The van der Waals surface area contributed by atoms with Gasteiger partial charge in [-0.25, -0.2) is 4.39 Å². The van der Waals surface area contributed by atoms with E-state index < -0.39 is 11.4 Å². The van der Waals surface area contributed by atoms with Gasteiger partial charge in [0.25, 0.3) is 0 Å². The van der Waals surface area contributed by atoms with Crippen molar-refractivity contribution >= 4 is 0 Å². The highest BCUT2D eigenvalue weighted by Gasteiger charge is 2.29. The molecule has 1 aromatic heterocycles. The third-order valence-corrected chi connectivity index (χ3v) is 2.95. The fourth-order valence-corrected chi connectivity index (χ4v) is 1.93. The number of halogens is 1. The molecule has 0 fully saturated rings. The van der Waals surface area contributed by atoms with Gasteiger partial charge in [-0.05, 0) is 18.1 Å². The number of nitrogens with zero attached hydrogens (tertiary/aromatic N) is 1. The second kappa shape index (κ2) is 4.63. The summed E-state index contributed by atoms with van der Waals surface area (Å²) < 4.78 is 13.2. The number of aromatic nitrogens is 1. The SMILES string of the molecule is CCC(O)(c1ccccc1)c1cncc(F)c1. The van der Waals surface area contributed by atoms with Gasteiger partial charge >= 0.3 is 0 Å². The van der Waals surface area contributed by atoms with Gasteiger partial charge in [-0.1, -0.05) is 37.3 Å². The number of pyridine rings is 1. The Morgan fingerprint density at radius 1 is 1.18 bits per heavy atom. The van der Waals surface area contributed by atoms with Crippen LogP contribution in [0.15, 0.2) is 48.8 Å². The molecule has 0 aliphatic carbocycles. The molecule has 0 saturated carbocycles. The predicted octanol–water partition coefficient (Wildman–Crippen LogP) is 2.87. The Hall–Kier alpha value is -1.74. The van der Waals surface area contributed by atoms with Crippen LogP contribution < -0.4 is 0 Å². The minimum atomic E-state index is -1.18. The van der Waals surface area contributed by atoms with Gasteiger partial charge in [0.05, 0.1) is 6.20 Å². The van der Waals surface area contributed by atoms with E-state index in [4.69, 9.17) is 0 Å². The van der Waals surface area contributed by atoms with Crippen molar-refractivity contribution in [2.24, 2.45) is 0 Å². The first-order valence-electron chi connectivity index (χ1n) is 5.56. The number of hydrogen-bond acceptors (Lipinski definition) is 2. The monoisotopic (exact) mass is 231 g/mol. The normalized spacial score (nSPS) is 14.3. The summed E-state index contributed by atoms with van der Waals surface area (Å²) >= 11 is 0. The predicted molar refractivity (Wildman–Crippen MR) is 63.9 cm³/mol. The van der Waals surface area contributed by atoms with E-state index in [0.717, 1.165) is 11.8 Å². The topological polar surface area (TPSA) is 33.1 Å². The van der Waals surface area contributed by atoms with E-state index >= 15 is 0 Å². The highest BCUT2D eigenvalue weighted by Crippen LogP contribution is 2.32. The average molecular weight is 231 g/mol. The van der Waals surface area contributed by atoms with Crippen molar-refractivity contribution in [1.29, 1.82) is 0 Å². The molecule has 0 spiro atoms. The molecule has 0 aliphatic heterocycles. The highest BCUT2D eigenvalue weighted by atomic mass is 19.1. The second-order valence-electron chi connectivity index (χ2n) is 3.97. The largest absolute Gasteiger partial charge is 0.380 e. The summed E-state index contributed by atoms with van der Waals surface area (Å²) in [7, 11) is 0. The van der Waals surface area contributed by atoms with Crippen molar-refractivity contribution in [3.63, 3.8) is 0 Å². The Balaban J connectivity index is 2.52. The van der Waals surface area contributed by atoms with Crippen LogP contribution in [0.25, 0.3) is 0 Å². The van der Waals surface area contributed by atoms with Gasteiger partial charge in [0.2, 0.25) is 0 Å². The molecule has 1 N–H and O–H groups in total. The van der Waals surface area contributed by atoms with Crippen molar-refractivity contribution in [3.05, 3.63) is 65.7 Å². The summed E-state index contributed by atoms with van der Waals surface area (Å²) in [6, 6.07) is 10.6. The van der Waals surface area contributed by atoms with Crippen LogP contribution in [0.5, 0.6) is 0 Å². The van der Waals surface area contributed by atoms with Gasteiger partial charge in [0.15, 0.2) is 0 Å². The van der Waals surface area contributed by atoms with Crippen LogP contribution in [0.4, 0.5) is 4.39 Å². The molecular weight excluding hydrogens is 217 g/mol. The number of benzene rings is 1. The van der Waals surface area contributed by atoms with Gasteiger partial charge in [-0.3, -0.25) is 4.98 Å². The molecule has 0 bridgehead atoms. The number of rotatable bonds is 3. The minimum absolute atomic E-state index is 0.440. The zero-order chi connectivity index (χ0) is 12.3. The molecular formula is C14H14FNO. The first kappa shape index (κ1) is 11.7. The molecule has 1 unspecified atom stereocenters. The van der Waals surface area contributed by atoms with Crippen LogP contribution in [0.2, 0.25) is 0 Å². The van der Waals surface area contributed by atoms with Crippen LogP contribution in [-0.2, 0) is 5.60 Å². The third kappa shape index (κ3) is 2.19. The van der Waals surface area contributed by atoms with E-state index in [1.165, 1.54) is 12.3 Å². The Bertz CT molecular complexity index is 501. The van der Waals surface area contributed by atoms with Gasteiger partial charge in [-0.2, -0.15) is 0 Å². The van der Waals surface area contributed by atoms with Gasteiger partial charge in [0.1, 0.15) is 11.4 Å². The standard InChI is InChI=1S/C14H14FNO/c1-2-14(17,11-6-4-3-5-7-11)12-8-13(15)10-16-9-12/h3-10,17H,2H2,1H3. The molecule has 1 aromatic carbocycles. The van der Waals surface area contributed by atoms with Crippen molar-refractivity contribution < 1.29 is 9.50 Å². The molecule has 1 atom stereocenters. The van der Waals surface area contributed by atoms with Crippen molar-refractivity contribution in [3.8, 4) is 0 Å². The quantitative estimate of drug-likeness (QED) is 0.881. The summed E-state index contributed by atoms with van der Waals surface area (Å²) in [6.45, 7) is 1.86. The zero-order valence-corrected chi connectivity index (χ0v) is 9.60. The van der Waals surface area contributed by atoms with Gasteiger partial charge in [-0.15, -0.1) is 0 Å². The molecule has 2 rings (SSSR count). The van der Waals surface area contributed by atoms with E-state index in [0.29, 0.717) is 12.0 Å². The highest BCUT2D eigenvalue weighted by molar-refractivity contribution is 5.34. The maximum Gasteiger partial charge on any atom is 0.141 e. The summed E-state index contributed by atoms with van der Waals surface area (Å²) in [6.07, 6.45) is 3.09.